The van der Waals surface area contributed by atoms with Crippen LogP contribution in [0.1, 0.15) is 35.7 Å². The summed E-state index contributed by atoms with van der Waals surface area (Å²) in [6.07, 6.45) is 5.77. The van der Waals surface area contributed by atoms with E-state index in [4.69, 9.17) is 5.84 Å². The number of Topliss-reactive ketones (excluding diaryl/α,β-unsaturated/α-hetero) is 1. The molecule has 2 N–H and O–H groups in total. The molecule has 21 heavy (non-hydrogen) atoms. The van der Waals surface area contributed by atoms with Crippen LogP contribution in [0.5, 0.6) is 0 Å². The fourth-order valence-electron chi connectivity index (χ4n) is 2.90. The highest BCUT2D eigenvalue weighted by atomic mass is 16.1. The van der Waals surface area contributed by atoms with Gasteiger partial charge in [0.25, 0.3) is 0 Å². The molecule has 0 amide bonds. The van der Waals surface area contributed by atoms with E-state index in [9.17, 15) is 4.79 Å². The van der Waals surface area contributed by atoms with E-state index in [0.29, 0.717) is 6.42 Å². The Morgan fingerprint density at radius 3 is 2.86 bits per heavy atom. The number of benzene rings is 1. The van der Waals surface area contributed by atoms with Crippen LogP contribution in [-0.2, 0) is 0 Å². The van der Waals surface area contributed by atoms with E-state index < -0.39 is 0 Å². The SMILES string of the molecule is CCC(=O)c1ccc2c(c1)c(C1=CCN(C)CC1)cn2N. The quantitative estimate of drug-likeness (QED) is 0.696. The number of carbonyl (C=O) groups is 1. The summed E-state index contributed by atoms with van der Waals surface area (Å²) in [4.78, 5) is 14.2. The minimum absolute atomic E-state index is 0.171. The summed E-state index contributed by atoms with van der Waals surface area (Å²) in [5, 5.41) is 1.08. The Kier molecular flexibility index (Phi) is 3.55. The molecule has 0 bridgehead atoms. The number of ketones is 1. The maximum atomic E-state index is 11.9. The maximum absolute atomic E-state index is 11.9. The van der Waals surface area contributed by atoms with Crippen molar-refractivity contribution in [3.63, 3.8) is 0 Å². The van der Waals surface area contributed by atoms with Gasteiger partial charge in [0.2, 0.25) is 0 Å². The van der Waals surface area contributed by atoms with Crippen molar-refractivity contribution in [1.29, 1.82) is 0 Å². The standard InChI is InChI=1S/C17H21N3O/c1-3-17(21)13-4-5-16-14(10-13)15(11-20(16)18)12-6-8-19(2)9-7-12/h4-6,10-11H,3,7-9,18H2,1-2H3. The molecule has 3 rings (SSSR count). The number of aromatic nitrogens is 1. The molecule has 0 saturated carbocycles. The summed E-state index contributed by atoms with van der Waals surface area (Å²) in [5.41, 5.74) is 4.22. The van der Waals surface area contributed by atoms with Crippen molar-refractivity contribution in [2.24, 2.45) is 0 Å². The molecule has 4 nitrogen and oxygen atoms in total. The molecular weight excluding hydrogens is 262 g/mol. The van der Waals surface area contributed by atoms with Gasteiger partial charge in [-0.25, -0.2) is 0 Å². The van der Waals surface area contributed by atoms with Gasteiger partial charge >= 0.3 is 0 Å². The van der Waals surface area contributed by atoms with Crippen molar-refractivity contribution in [2.45, 2.75) is 19.8 Å². The number of carbonyl (C=O) groups excluding carboxylic acids is 1. The number of hydrogen-bond donors (Lipinski definition) is 1. The van der Waals surface area contributed by atoms with Crippen molar-refractivity contribution in [3.8, 4) is 0 Å². The summed E-state index contributed by atoms with van der Waals surface area (Å²) in [6, 6.07) is 5.79. The van der Waals surface area contributed by atoms with E-state index in [2.05, 4.69) is 18.0 Å². The van der Waals surface area contributed by atoms with Crippen LogP contribution >= 0.6 is 0 Å². The summed E-state index contributed by atoms with van der Waals surface area (Å²) < 4.78 is 1.66. The smallest absolute Gasteiger partial charge is 0.162 e. The molecule has 0 unspecified atom stereocenters. The van der Waals surface area contributed by atoms with Gasteiger partial charge in [0.1, 0.15) is 0 Å². The van der Waals surface area contributed by atoms with Crippen LogP contribution < -0.4 is 5.84 Å². The van der Waals surface area contributed by atoms with Gasteiger partial charge in [-0.15, -0.1) is 0 Å². The number of hydrogen-bond acceptors (Lipinski definition) is 3. The van der Waals surface area contributed by atoms with Crippen LogP contribution in [0.3, 0.4) is 0 Å². The van der Waals surface area contributed by atoms with Crippen molar-refractivity contribution in [2.75, 3.05) is 26.0 Å². The highest BCUT2D eigenvalue weighted by molar-refractivity contribution is 6.02. The molecule has 1 aliphatic heterocycles. The van der Waals surface area contributed by atoms with Crippen LogP contribution in [0, 0.1) is 0 Å². The van der Waals surface area contributed by atoms with E-state index in [1.54, 1.807) is 4.68 Å². The lowest BCUT2D eigenvalue weighted by Gasteiger charge is -2.21. The van der Waals surface area contributed by atoms with Crippen LogP contribution in [0.4, 0.5) is 0 Å². The number of likely N-dealkylation sites (N-methyl/N-ethyl adjacent to an activating group) is 1. The molecular formula is C17H21N3O. The fourth-order valence-corrected chi connectivity index (χ4v) is 2.90. The second kappa shape index (κ2) is 5.37. The van der Waals surface area contributed by atoms with Crippen molar-refractivity contribution in [3.05, 3.63) is 41.6 Å². The van der Waals surface area contributed by atoms with Gasteiger partial charge < -0.3 is 10.7 Å². The lowest BCUT2D eigenvalue weighted by molar-refractivity contribution is 0.0988. The number of nitrogen functional groups attached to an aromatic ring is 1. The lowest BCUT2D eigenvalue weighted by Crippen LogP contribution is -2.23. The molecule has 1 aromatic heterocycles. The van der Waals surface area contributed by atoms with Gasteiger partial charge in [0.15, 0.2) is 5.78 Å². The van der Waals surface area contributed by atoms with Crippen LogP contribution in [0.25, 0.3) is 16.5 Å². The molecule has 1 aliphatic rings. The van der Waals surface area contributed by atoms with E-state index in [-0.39, 0.29) is 5.78 Å². The van der Waals surface area contributed by atoms with E-state index >= 15 is 0 Å². The minimum atomic E-state index is 0.171. The monoisotopic (exact) mass is 283 g/mol. The first-order chi connectivity index (χ1) is 10.1. The first-order valence-electron chi connectivity index (χ1n) is 7.41. The third-order valence-electron chi connectivity index (χ3n) is 4.23. The molecule has 2 aromatic rings. The fraction of sp³-hybridized carbons (Fsp3) is 0.353. The zero-order valence-corrected chi connectivity index (χ0v) is 12.6. The van der Waals surface area contributed by atoms with Crippen molar-refractivity contribution < 1.29 is 4.79 Å². The Bertz CT molecular complexity index is 727. The number of nitrogens with zero attached hydrogens (tertiary/aromatic N) is 2. The molecule has 0 atom stereocenters. The van der Waals surface area contributed by atoms with Gasteiger partial charge in [0.05, 0.1) is 5.52 Å². The molecule has 0 radical (unpaired) electrons. The molecule has 0 spiro atoms. The Hall–Kier alpha value is -2.07. The maximum Gasteiger partial charge on any atom is 0.162 e. The van der Waals surface area contributed by atoms with E-state index in [1.165, 1.54) is 5.57 Å². The predicted molar refractivity (Wildman–Crippen MR) is 86.8 cm³/mol. The summed E-state index contributed by atoms with van der Waals surface area (Å²) in [5.74, 6) is 6.24. The normalized spacial score (nSPS) is 16.2. The molecule has 0 aliphatic carbocycles. The minimum Gasteiger partial charge on any atom is -0.339 e. The highest BCUT2D eigenvalue weighted by Crippen LogP contribution is 2.30. The third kappa shape index (κ3) is 2.47. The van der Waals surface area contributed by atoms with Crippen LogP contribution in [0.2, 0.25) is 0 Å². The van der Waals surface area contributed by atoms with Gasteiger partial charge in [-0.2, -0.15) is 0 Å². The summed E-state index contributed by atoms with van der Waals surface area (Å²) in [6.45, 7) is 3.90. The van der Waals surface area contributed by atoms with Crippen LogP contribution in [-0.4, -0.2) is 35.5 Å². The predicted octanol–water partition coefficient (Wildman–Crippen LogP) is 2.67. The van der Waals surface area contributed by atoms with E-state index in [0.717, 1.165) is 41.5 Å². The molecule has 110 valence electrons. The van der Waals surface area contributed by atoms with Crippen molar-refractivity contribution >= 4 is 22.3 Å². The zero-order valence-electron chi connectivity index (χ0n) is 12.6. The Labute approximate surface area is 124 Å². The number of fused-ring (bicyclic) bond motifs is 1. The lowest BCUT2D eigenvalue weighted by atomic mass is 9.97. The van der Waals surface area contributed by atoms with Crippen LogP contribution in [0.15, 0.2) is 30.5 Å². The molecule has 0 fully saturated rings. The Morgan fingerprint density at radius 1 is 1.38 bits per heavy atom. The first-order valence-corrected chi connectivity index (χ1v) is 7.41. The average Bonchev–Trinajstić information content (AvgIpc) is 2.84. The van der Waals surface area contributed by atoms with Crippen molar-refractivity contribution in [1.82, 2.24) is 9.58 Å². The van der Waals surface area contributed by atoms with Gasteiger partial charge in [-0.3, -0.25) is 9.47 Å². The second-order valence-corrected chi connectivity index (χ2v) is 5.70. The molecule has 1 aromatic carbocycles. The third-order valence-corrected chi connectivity index (χ3v) is 4.23. The summed E-state index contributed by atoms with van der Waals surface area (Å²) in [7, 11) is 2.12. The first kappa shape index (κ1) is 13.9. The topological polar surface area (TPSA) is 51.3 Å². The number of rotatable bonds is 3. The zero-order chi connectivity index (χ0) is 15.0. The second-order valence-electron chi connectivity index (χ2n) is 5.70. The Balaban J connectivity index is 2.12. The molecule has 0 saturated heterocycles. The molecule has 4 heteroatoms. The average molecular weight is 283 g/mol. The summed E-state index contributed by atoms with van der Waals surface area (Å²) >= 11 is 0. The van der Waals surface area contributed by atoms with Gasteiger partial charge in [0, 0.05) is 42.2 Å². The van der Waals surface area contributed by atoms with E-state index in [1.807, 2.05) is 31.3 Å². The Morgan fingerprint density at radius 2 is 2.19 bits per heavy atom. The van der Waals surface area contributed by atoms with Gasteiger partial charge in [-0.05, 0) is 37.2 Å². The highest BCUT2D eigenvalue weighted by Gasteiger charge is 2.16. The molecule has 2 heterocycles. The van der Waals surface area contributed by atoms with Gasteiger partial charge in [-0.1, -0.05) is 13.0 Å². The largest absolute Gasteiger partial charge is 0.339 e. The number of nitrogens with two attached hydrogens (primary N) is 1.